The van der Waals surface area contributed by atoms with Gasteiger partial charge in [0, 0.05) is 5.02 Å². The average molecular weight is 162 g/mol. The SMILES string of the molecule is [B]C/C=C/c1ccc(Cl)cc1. The van der Waals surface area contributed by atoms with Crippen LogP contribution in [0, 0.1) is 0 Å². The number of halogens is 1. The minimum Gasteiger partial charge on any atom is -0.0925 e. The summed E-state index contributed by atoms with van der Waals surface area (Å²) in [6.07, 6.45) is 4.45. The van der Waals surface area contributed by atoms with Gasteiger partial charge in [0.25, 0.3) is 0 Å². The average Bonchev–Trinajstić information content (AvgIpc) is 2.04. The second-order valence-corrected chi connectivity index (χ2v) is 2.63. The molecule has 0 spiro atoms. The molecule has 0 saturated carbocycles. The van der Waals surface area contributed by atoms with Gasteiger partial charge in [-0.25, -0.2) is 0 Å². The van der Waals surface area contributed by atoms with E-state index in [9.17, 15) is 0 Å². The van der Waals surface area contributed by atoms with Gasteiger partial charge in [-0.05, 0) is 17.7 Å². The summed E-state index contributed by atoms with van der Waals surface area (Å²) in [4.78, 5) is 0. The minimum absolute atomic E-state index is 0.572. The smallest absolute Gasteiger partial charge is 0.0708 e. The van der Waals surface area contributed by atoms with Gasteiger partial charge in [-0.1, -0.05) is 42.2 Å². The van der Waals surface area contributed by atoms with E-state index in [2.05, 4.69) is 0 Å². The standard InChI is InChI=1S/C9H8BCl/c10-7-1-2-8-3-5-9(11)6-4-8/h1-6H,7H2/b2-1+. The van der Waals surface area contributed by atoms with Crippen molar-refractivity contribution < 1.29 is 0 Å². The van der Waals surface area contributed by atoms with Crippen molar-refractivity contribution in [2.24, 2.45) is 0 Å². The molecule has 0 aliphatic carbocycles. The summed E-state index contributed by atoms with van der Waals surface area (Å²) in [6.45, 7) is 0. The second kappa shape index (κ2) is 4.25. The zero-order valence-electron chi connectivity index (χ0n) is 6.13. The summed E-state index contributed by atoms with van der Waals surface area (Å²) in [5, 5.41) is 0.759. The molecule has 0 N–H and O–H groups in total. The first-order valence-electron chi connectivity index (χ1n) is 3.45. The fraction of sp³-hybridized carbons (Fsp3) is 0.111. The van der Waals surface area contributed by atoms with Gasteiger partial charge in [-0.2, -0.15) is 0 Å². The normalized spacial score (nSPS) is 10.6. The summed E-state index contributed by atoms with van der Waals surface area (Å²) in [7, 11) is 5.29. The minimum atomic E-state index is 0.572. The number of benzene rings is 1. The maximum absolute atomic E-state index is 5.70. The summed E-state index contributed by atoms with van der Waals surface area (Å²) in [5.41, 5.74) is 1.12. The first-order chi connectivity index (χ1) is 5.33. The highest BCUT2D eigenvalue weighted by molar-refractivity contribution is 6.30. The van der Waals surface area contributed by atoms with Crippen molar-refractivity contribution in [2.75, 3.05) is 0 Å². The van der Waals surface area contributed by atoms with E-state index in [0.29, 0.717) is 6.32 Å². The highest BCUT2D eigenvalue weighted by atomic mass is 35.5. The maximum atomic E-state index is 5.70. The lowest BCUT2D eigenvalue weighted by molar-refractivity contribution is 1.64. The first kappa shape index (κ1) is 8.41. The second-order valence-electron chi connectivity index (χ2n) is 2.19. The Kier molecular flexibility index (Phi) is 3.25. The van der Waals surface area contributed by atoms with E-state index >= 15 is 0 Å². The summed E-state index contributed by atoms with van der Waals surface area (Å²) < 4.78 is 0. The van der Waals surface area contributed by atoms with Crippen LogP contribution in [-0.4, -0.2) is 7.85 Å². The van der Waals surface area contributed by atoms with Crippen LogP contribution in [0.4, 0.5) is 0 Å². The largest absolute Gasteiger partial charge is 0.0925 e. The predicted molar refractivity (Wildman–Crippen MR) is 51.0 cm³/mol. The molecule has 0 fully saturated rings. The molecule has 0 aliphatic rings. The van der Waals surface area contributed by atoms with Crippen molar-refractivity contribution in [1.29, 1.82) is 0 Å². The fourth-order valence-electron chi connectivity index (χ4n) is 0.778. The molecule has 0 nitrogen and oxygen atoms in total. The van der Waals surface area contributed by atoms with Crippen molar-refractivity contribution in [3.63, 3.8) is 0 Å². The van der Waals surface area contributed by atoms with Crippen LogP contribution < -0.4 is 0 Å². The van der Waals surface area contributed by atoms with Gasteiger partial charge in [0.1, 0.15) is 0 Å². The van der Waals surface area contributed by atoms with Crippen molar-refractivity contribution >= 4 is 25.5 Å². The lowest BCUT2D eigenvalue weighted by Crippen LogP contribution is -1.69. The van der Waals surface area contributed by atoms with Crippen LogP contribution >= 0.6 is 11.6 Å². The molecular formula is C9H8BCl. The molecule has 54 valence electrons. The zero-order valence-corrected chi connectivity index (χ0v) is 6.88. The van der Waals surface area contributed by atoms with E-state index in [0.717, 1.165) is 10.6 Å². The van der Waals surface area contributed by atoms with Crippen LogP contribution in [-0.2, 0) is 0 Å². The van der Waals surface area contributed by atoms with E-state index in [1.807, 2.05) is 36.4 Å². The number of allylic oxidation sites excluding steroid dienone is 1. The van der Waals surface area contributed by atoms with Crippen LogP contribution in [0.15, 0.2) is 30.3 Å². The molecule has 0 bridgehead atoms. The third-order valence-corrected chi connectivity index (χ3v) is 1.57. The Hall–Kier alpha value is -0.685. The summed E-state index contributed by atoms with van der Waals surface area (Å²) in [6, 6.07) is 7.62. The molecule has 0 atom stereocenters. The molecule has 0 aliphatic heterocycles. The first-order valence-corrected chi connectivity index (χ1v) is 3.83. The van der Waals surface area contributed by atoms with Crippen LogP contribution in [0.1, 0.15) is 5.56 Å². The van der Waals surface area contributed by atoms with Crippen LogP contribution in [0.25, 0.3) is 6.08 Å². The number of hydrogen-bond donors (Lipinski definition) is 0. The van der Waals surface area contributed by atoms with Gasteiger partial charge in [-0.3, -0.25) is 0 Å². The van der Waals surface area contributed by atoms with Gasteiger partial charge < -0.3 is 0 Å². The Balaban J connectivity index is 2.73. The fourth-order valence-corrected chi connectivity index (χ4v) is 0.904. The van der Waals surface area contributed by atoms with Gasteiger partial charge in [0.15, 0.2) is 0 Å². The van der Waals surface area contributed by atoms with E-state index < -0.39 is 0 Å². The number of rotatable bonds is 2. The highest BCUT2D eigenvalue weighted by Gasteiger charge is 1.85. The topological polar surface area (TPSA) is 0 Å². The van der Waals surface area contributed by atoms with Crippen LogP contribution in [0.3, 0.4) is 0 Å². The van der Waals surface area contributed by atoms with E-state index in [1.54, 1.807) is 0 Å². The molecule has 0 aromatic heterocycles. The Labute approximate surface area is 73.3 Å². The Morgan fingerprint density at radius 2 is 1.91 bits per heavy atom. The van der Waals surface area contributed by atoms with Gasteiger partial charge in [-0.15, -0.1) is 0 Å². The molecule has 11 heavy (non-hydrogen) atoms. The lowest BCUT2D eigenvalue weighted by atomic mass is 10.0. The Morgan fingerprint density at radius 3 is 2.45 bits per heavy atom. The van der Waals surface area contributed by atoms with Crippen LogP contribution in [0.5, 0.6) is 0 Å². The Morgan fingerprint density at radius 1 is 1.27 bits per heavy atom. The molecule has 1 rings (SSSR count). The van der Waals surface area contributed by atoms with Crippen molar-refractivity contribution in [3.05, 3.63) is 40.9 Å². The molecule has 0 heterocycles. The Bertz CT molecular complexity index is 238. The lowest BCUT2D eigenvalue weighted by Gasteiger charge is -1.91. The molecule has 0 saturated heterocycles. The quantitative estimate of drug-likeness (QED) is 0.587. The van der Waals surface area contributed by atoms with Gasteiger partial charge >= 0.3 is 0 Å². The zero-order chi connectivity index (χ0) is 8.10. The van der Waals surface area contributed by atoms with Crippen molar-refractivity contribution in [1.82, 2.24) is 0 Å². The molecule has 0 amide bonds. The van der Waals surface area contributed by atoms with E-state index in [4.69, 9.17) is 19.4 Å². The van der Waals surface area contributed by atoms with Gasteiger partial charge in [0.2, 0.25) is 0 Å². The molecular weight excluding hydrogens is 154 g/mol. The van der Waals surface area contributed by atoms with E-state index in [1.165, 1.54) is 0 Å². The van der Waals surface area contributed by atoms with Gasteiger partial charge in [0.05, 0.1) is 7.85 Å². The summed E-state index contributed by atoms with van der Waals surface area (Å²) in [5.74, 6) is 0. The molecule has 2 heteroatoms. The highest BCUT2D eigenvalue weighted by Crippen LogP contribution is 2.10. The monoisotopic (exact) mass is 162 g/mol. The molecule has 1 aromatic rings. The van der Waals surface area contributed by atoms with E-state index in [-0.39, 0.29) is 0 Å². The van der Waals surface area contributed by atoms with Crippen molar-refractivity contribution in [2.45, 2.75) is 6.32 Å². The predicted octanol–water partition coefficient (Wildman–Crippen LogP) is 2.94. The third kappa shape index (κ3) is 2.81. The summed E-state index contributed by atoms with van der Waals surface area (Å²) >= 11 is 5.70. The molecule has 0 unspecified atom stereocenters. The van der Waals surface area contributed by atoms with Crippen LogP contribution in [0.2, 0.25) is 11.3 Å². The molecule has 1 aromatic carbocycles. The maximum Gasteiger partial charge on any atom is 0.0708 e. The third-order valence-electron chi connectivity index (χ3n) is 1.32. The molecule has 2 radical (unpaired) electrons. The number of hydrogen-bond acceptors (Lipinski definition) is 0. The van der Waals surface area contributed by atoms with Crippen molar-refractivity contribution in [3.8, 4) is 0 Å².